The number of rotatable bonds is 6. The molecule has 3 rings (SSSR count). The maximum absolute atomic E-state index is 14.2. The number of fused-ring (bicyclic) bond motifs is 2. The minimum atomic E-state index is -0.762. The molecular formula is C18H15FO6. The molecule has 0 fully saturated rings. The van der Waals surface area contributed by atoms with Gasteiger partial charge in [0.1, 0.15) is 17.3 Å². The van der Waals surface area contributed by atoms with Crippen molar-refractivity contribution in [3.63, 3.8) is 0 Å². The largest absolute Gasteiger partial charge is 0.467 e. The van der Waals surface area contributed by atoms with E-state index in [1.807, 2.05) is 0 Å². The number of hydrogen-bond donors (Lipinski definition) is 0. The van der Waals surface area contributed by atoms with E-state index in [4.69, 9.17) is 18.9 Å². The van der Waals surface area contributed by atoms with Gasteiger partial charge in [-0.05, 0) is 18.2 Å². The lowest BCUT2D eigenvalue weighted by molar-refractivity contribution is 0.0468. The number of carbonyl (C=O) groups excluding carboxylic acids is 2. The van der Waals surface area contributed by atoms with Crippen molar-refractivity contribution in [2.24, 2.45) is 0 Å². The first-order valence-corrected chi connectivity index (χ1v) is 7.38. The Hall–Kier alpha value is -2.77. The van der Waals surface area contributed by atoms with Crippen LogP contribution in [-0.4, -0.2) is 39.4 Å². The summed E-state index contributed by atoms with van der Waals surface area (Å²) in [6.07, 6.45) is 0. The third-order valence-corrected chi connectivity index (χ3v) is 3.73. The van der Waals surface area contributed by atoms with Crippen LogP contribution in [0.4, 0.5) is 4.39 Å². The molecule has 0 saturated carbocycles. The van der Waals surface area contributed by atoms with Gasteiger partial charge in [0.2, 0.25) is 5.78 Å². The summed E-state index contributed by atoms with van der Waals surface area (Å²) in [7, 11) is 2.85. The molecule has 0 aromatic heterocycles. The molecule has 0 unspecified atom stereocenters. The number of carbonyl (C=O) groups is 2. The molecule has 0 heterocycles. The number of ether oxygens (including phenoxy) is 4. The highest BCUT2D eigenvalue weighted by Crippen LogP contribution is 2.39. The van der Waals surface area contributed by atoms with Gasteiger partial charge in [0, 0.05) is 19.8 Å². The van der Waals surface area contributed by atoms with Crippen molar-refractivity contribution in [3.05, 3.63) is 58.4 Å². The van der Waals surface area contributed by atoms with Gasteiger partial charge in [-0.1, -0.05) is 12.1 Å². The third kappa shape index (κ3) is 2.88. The zero-order valence-electron chi connectivity index (χ0n) is 13.6. The second-order valence-electron chi connectivity index (χ2n) is 5.23. The van der Waals surface area contributed by atoms with E-state index in [1.54, 1.807) is 0 Å². The molecule has 1 aliphatic rings. The van der Waals surface area contributed by atoms with Crippen LogP contribution in [0.5, 0.6) is 11.5 Å². The fourth-order valence-electron chi connectivity index (χ4n) is 2.70. The van der Waals surface area contributed by atoms with Crippen LogP contribution in [0.1, 0.15) is 31.8 Å². The lowest BCUT2D eigenvalue weighted by Gasteiger charge is -2.22. The number of methoxy groups -OCH3 is 2. The highest BCUT2D eigenvalue weighted by Gasteiger charge is 2.37. The van der Waals surface area contributed by atoms with Crippen LogP contribution in [0.15, 0.2) is 30.3 Å². The van der Waals surface area contributed by atoms with Crippen LogP contribution in [0.2, 0.25) is 0 Å². The number of halogens is 1. The summed E-state index contributed by atoms with van der Waals surface area (Å²) in [5.74, 6) is -1.64. The number of ketones is 2. The normalized spacial score (nSPS) is 12.6. The van der Waals surface area contributed by atoms with Crippen LogP contribution in [0.3, 0.4) is 0 Å². The topological polar surface area (TPSA) is 71.1 Å². The molecule has 0 aliphatic heterocycles. The van der Waals surface area contributed by atoms with Crippen LogP contribution in [-0.2, 0) is 9.47 Å². The van der Waals surface area contributed by atoms with E-state index < -0.39 is 17.4 Å². The van der Waals surface area contributed by atoms with Crippen molar-refractivity contribution in [2.75, 3.05) is 27.8 Å². The van der Waals surface area contributed by atoms with Crippen molar-refractivity contribution in [2.45, 2.75) is 0 Å². The Balaban J connectivity index is 2.22. The van der Waals surface area contributed by atoms with Crippen LogP contribution < -0.4 is 9.47 Å². The van der Waals surface area contributed by atoms with Gasteiger partial charge >= 0.3 is 0 Å². The Labute approximate surface area is 143 Å². The molecule has 0 atom stereocenters. The van der Waals surface area contributed by atoms with Crippen molar-refractivity contribution >= 4 is 11.6 Å². The summed E-state index contributed by atoms with van der Waals surface area (Å²) in [5, 5.41) is 0. The molecule has 0 amide bonds. The molecule has 6 nitrogen and oxygen atoms in total. The van der Waals surface area contributed by atoms with Crippen LogP contribution in [0.25, 0.3) is 0 Å². The predicted molar refractivity (Wildman–Crippen MR) is 84.7 cm³/mol. The minimum absolute atomic E-state index is 0.0105. The molecular weight excluding hydrogens is 331 g/mol. The van der Waals surface area contributed by atoms with Gasteiger partial charge in [0.25, 0.3) is 0 Å². The van der Waals surface area contributed by atoms with Gasteiger partial charge in [0.15, 0.2) is 19.4 Å². The van der Waals surface area contributed by atoms with Crippen molar-refractivity contribution < 1.29 is 32.9 Å². The van der Waals surface area contributed by atoms with Crippen molar-refractivity contribution in [1.82, 2.24) is 0 Å². The van der Waals surface area contributed by atoms with E-state index in [-0.39, 0.29) is 47.3 Å². The zero-order valence-corrected chi connectivity index (χ0v) is 13.6. The highest BCUT2D eigenvalue weighted by molar-refractivity contribution is 6.30. The van der Waals surface area contributed by atoms with E-state index in [2.05, 4.69) is 0 Å². The summed E-state index contributed by atoms with van der Waals surface area (Å²) in [5.41, 5.74) is -0.308. The first-order chi connectivity index (χ1) is 12.1. The second-order valence-corrected chi connectivity index (χ2v) is 5.23. The summed E-state index contributed by atoms with van der Waals surface area (Å²) in [6, 6.07) is 6.89. The van der Waals surface area contributed by atoms with Crippen molar-refractivity contribution in [1.29, 1.82) is 0 Å². The van der Waals surface area contributed by atoms with E-state index in [1.165, 1.54) is 38.5 Å². The number of benzene rings is 2. The molecule has 0 bridgehead atoms. The molecule has 0 radical (unpaired) electrons. The predicted octanol–water partition coefficient (Wildman–Crippen LogP) is 2.57. The van der Waals surface area contributed by atoms with Crippen LogP contribution >= 0.6 is 0 Å². The van der Waals surface area contributed by atoms with E-state index in [0.717, 1.165) is 6.07 Å². The van der Waals surface area contributed by atoms with E-state index >= 15 is 0 Å². The second kappa shape index (κ2) is 7.00. The van der Waals surface area contributed by atoms with Gasteiger partial charge < -0.3 is 18.9 Å². The Kier molecular flexibility index (Phi) is 4.78. The van der Waals surface area contributed by atoms with Crippen LogP contribution in [0, 0.1) is 5.82 Å². The Morgan fingerprint density at radius 3 is 1.92 bits per heavy atom. The summed E-state index contributed by atoms with van der Waals surface area (Å²) >= 11 is 0. The molecule has 130 valence electrons. The molecule has 25 heavy (non-hydrogen) atoms. The lowest BCUT2D eigenvalue weighted by Crippen LogP contribution is -2.24. The average molecular weight is 346 g/mol. The quantitative estimate of drug-likeness (QED) is 0.639. The molecule has 0 saturated heterocycles. The summed E-state index contributed by atoms with van der Waals surface area (Å²) in [6.45, 7) is -0.238. The molecule has 0 N–H and O–H groups in total. The maximum Gasteiger partial charge on any atom is 0.201 e. The third-order valence-electron chi connectivity index (χ3n) is 3.73. The maximum atomic E-state index is 14.2. The highest BCUT2D eigenvalue weighted by atomic mass is 19.1. The average Bonchev–Trinajstić information content (AvgIpc) is 2.62. The molecule has 1 aliphatic carbocycles. The smallest absolute Gasteiger partial charge is 0.201 e. The minimum Gasteiger partial charge on any atom is -0.467 e. The van der Waals surface area contributed by atoms with Gasteiger partial charge in [-0.15, -0.1) is 0 Å². The van der Waals surface area contributed by atoms with Crippen molar-refractivity contribution in [3.8, 4) is 11.5 Å². The first-order valence-electron chi connectivity index (χ1n) is 7.38. The summed E-state index contributed by atoms with van der Waals surface area (Å²) < 4.78 is 34.7. The fourth-order valence-corrected chi connectivity index (χ4v) is 2.70. The Bertz CT molecular complexity index is 846. The van der Waals surface area contributed by atoms with Gasteiger partial charge in [-0.25, -0.2) is 4.39 Å². The zero-order chi connectivity index (χ0) is 18.0. The molecule has 7 heteroatoms. The Morgan fingerprint density at radius 2 is 1.36 bits per heavy atom. The summed E-state index contributed by atoms with van der Waals surface area (Å²) in [4.78, 5) is 25.8. The molecule has 2 aromatic carbocycles. The standard InChI is InChI=1S/C18H15FO6/c1-22-8-24-12-6-7-13(25-9-23-2)16-15(12)17(20)10-4-3-5-11(19)14(10)18(16)21/h3-7H,8-9H2,1-2H3. The first kappa shape index (κ1) is 17.1. The van der Waals surface area contributed by atoms with Gasteiger partial charge in [-0.3, -0.25) is 9.59 Å². The van der Waals surface area contributed by atoms with E-state index in [9.17, 15) is 14.0 Å². The Morgan fingerprint density at radius 1 is 0.800 bits per heavy atom. The monoisotopic (exact) mass is 346 g/mol. The van der Waals surface area contributed by atoms with Gasteiger partial charge in [0.05, 0.1) is 16.7 Å². The molecule has 2 aromatic rings. The lowest BCUT2D eigenvalue weighted by atomic mass is 9.83. The van der Waals surface area contributed by atoms with E-state index in [0.29, 0.717) is 0 Å². The number of hydrogen-bond acceptors (Lipinski definition) is 6. The fraction of sp³-hybridized carbons (Fsp3) is 0.222. The van der Waals surface area contributed by atoms with Gasteiger partial charge in [-0.2, -0.15) is 0 Å². The molecule has 0 spiro atoms. The SMILES string of the molecule is COCOc1ccc(OCOC)c2c1C(=O)c1cccc(F)c1C2=O.